The molecule has 1 aromatic rings. The van der Waals surface area contributed by atoms with Gasteiger partial charge in [0.25, 0.3) is 0 Å². The molecular formula is C9H16N4. The van der Waals surface area contributed by atoms with E-state index in [4.69, 9.17) is 0 Å². The second-order valence-corrected chi connectivity index (χ2v) is 3.86. The van der Waals surface area contributed by atoms with E-state index in [9.17, 15) is 0 Å². The zero-order valence-electron chi connectivity index (χ0n) is 8.20. The summed E-state index contributed by atoms with van der Waals surface area (Å²) in [6.45, 7) is 3.13. The Morgan fingerprint density at radius 3 is 3.00 bits per heavy atom. The molecule has 4 heteroatoms. The minimum Gasteiger partial charge on any atom is -0.308 e. The van der Waals surface area contributed by atoms with E-state index in [-0.39, 0.29) is 0 Å². The molecule has 1 aromatic heterocycles. The fourth-order valence-corrected chi connectivity index (χ4v) is 1.50. The van der Waals surface area contributed by atoms with Crippen LogP contribution < -0.4 is 5.32 Å². The zero-order valence-corrected chi connectivity index (χ0v) is 8.20. The minimum absolute atomic E-state index is 0.634. The smallest absolute Gasteiger partial charge is 0.0738 e. The predicted molar refractivity (Wildman–Crippen MR) is 50.0 cm³/mol. The molecule has 1 unspecified atom stereocenters. The first kappa shape index (κ1) is 8.69. The van der Waals surface area contributed by atoms with Gasteiger partial charge in [0.05, 0.1) is 11.9 Å². The van der Waals surface area contributed by atoms with Crippen molar-refractivity contribution in [1.29, 1.82) is 0 Å². The Hall–Kier alpha value is -0.900. The van der Waals surface area contributed by atoms with Gasteiger partial charge in [-0.25, -0.2) is 0 Å². The van der Waals surface area contributed by atoms with Crippen LogP contribution in [0.25, 0.3) is 0 Å². The van der Waals surface area contributed by atoms with Crippen molar-refractivity contribution in [3.63, 3.8) is 0 Å². The summed E-state index contributed by atoms with van der Waals surface area (Å²) >= 11 is 0. The van der Waals surface area contributed by atoms with Crippen molar-refractivity contribution in [3.8, 4) is 0 Å². The van der Waals surface area contributed by atoms with E-state index in [1.165, 1.54) is 12.8 Å². The Labute approximate surface area is 78.3 Å². The Balaban J connectivity index is 1.81. The summed E-state index contributed by atoms with van der Waals surface area (Å²) in [5.41, 5.74) is 1.15. The maximum absolute atomic E-state index is 3.88. The molecule has 1 atom stereocenters. The lowest BCUT2D eigenvalue weighted by Crippen LogP contribution is -2.28. The number of rotatable bonds is 4. The van der Waals surface area contributed by atoms with Gasteiger partial charge in [-0.3, -0.25) is 4.68 Å². The second kappa shape index (κ2) is 3.46. The highest BCUT2D eigenvalue weighted by Gasteiger charge is 2.27. The Morgan fingerprint density at radius 2 is 2.46 bits per heavy atom. The summed E-state index contributed by atoms with van der Waals surface area (Å²) < 4.78 is 1.81. The van der Waals surface area contributed by atoms with E-state index in [1.54, 1.807) is 0 Å². The molecule has 0 aromatic carbocycles. The van der Waals surface area contributed by atoms with Crippen LogP contribution in [0.3, 0.4) is 0 Å². The molecule has 0 saturated heterocycles. The van der Waals surface area contributed by atoms with Gasteiger partial charge >= 0.3 is 0 Å². The van der Waals surface area contributed by atoms with Gasteiger partial charge in [0.1, 0.15) is 0 Å². The largest absolute Gasteiger partial charge is 0.308 e. The van der Waals surface area contributed by atoms with Crippen molar-refractivity contribution in [2.45, 2.75) is 32.4 Å². The van der Waals surface area contributed by atoms with Crippen molar-refractivity contribution in [2.75, 3.05) is 0 Å². The van der Waals surface area contributed by atoms with Crippen molar-refractivity contribution < 1.29 is 0 Å². The number of nitrogens with one attached hydrogen (secondary N) is 1. The molecule has 1 aliphatic carbocycles. The van der Waals surface area contributed by atoms with Crippen LogP contribution in [-0.2, 0) is 13.6 Å². The predicted octanol–water partition coefficient (Wildman–Crippen LogP) is 0.703. The summed E-state index contributed by atoms with van der Waals surface area (Å²) in [4.78, 5) is 0. The van der Waals surface area contributed by atoms with Crippen LogP contribution in [0.1, 0.15) is 25.5 Å². The summed E-state index contributed by atoms with van der Waals surface area (Å²) in [6.07, 6.45) is 4.59. The molecule has 0 radical (unpaired) electrons. The molecule has 1 saturated carbocycles. The molecule has 0 amide bonds. The molecule has 13 heavy (non-hydrogen) atoms. The Kier molecular flexibility index (Phi) is 2.31. The monoisotopic (exact) mass is 180 g/mol. The van der Waals surface area contributed by atoms with E-state index < -0.39 is 0 Å². The first-order chi connectivity index (χ1) is 6.27. The standard InChI is InChI=1S/C9H16N4/c1-7(8-3-4-8)10-5-9-6-11-12-13(9)2/h6-8,10H,3-5H2,1-2H3. The molecule has 0 aliphatic heterocycles. The Morgan fingerprint density at radius 1 is 1.69 bits per heavy atom. The average molecular weight is 180 g/mol. The summed E-state index contributed by atoms with van der Waals surface area (Å²) in [5.74, 6) is 0.904. The number of hydrogen-bond acceptors (Lipinski definition) is 3. The van der Waals surface area contributed by atoms with Gasteiger partial charge in [-0.1, -0.05) is 5.21 Å². The lowest BCUT2D eigenvalue weighted by molar-refractivity contribution is 0.483. The van der Waals surface area contributed by atoms with Crippen LogP contribution in [0.15, 0.2) is 6.20 Å². The molecule has 72 valence electrons. The lowest BCUT2D eigenvalue weighted by atomic mass is 10.2. The molecule has 0 spiro atoms. The topological polar surface area (TPSA) is 42.7 Å². The highest BCUT2D eigenvalue weighted by Crippen LogP contribution is 2.32. The maximum atomic E-state index is 3.88. The summed E-state index contributed by atoms with van der Waals surface area (Å²) in [6, 6.07) is 0.634. The van der Waals surface area contributed by atoms with Crippen LogP contribution in [-0.4, -0.2) is 21.0 Å². The van der Waals surface area contributed by atoms with Crippen molar-refractivity contribution in [2.24, 2.45) is 13.0 Å². The maximum Gasteiger partial charge on any atom is 0.0738 e. The quantitative estimate of drug-likeness (QED) is 0.741. The number of aryl methyl sites for hydroxylation is 1. The first-order valence-corrected chi connectivity index (χ1v) is 4.84. The zero-order chi connectivity index (χ0) is 9.26. The van der Waals surface area contributed by atoms with Crippen LogP contribution in [0.4, 0.5) is 0 Å². The van der Waals surface area contributed by atoms with Crippen LogP contribution in [0, 0.1) is 5.92 Å². The SMILES string of the molecule is CC(NCc1cnnn1C)C1CC1. The van der Waals surface area contributed by atoms with E-state index in [2.05, 4.69) is 22.6 Å². The average Bonchev–Trinajstić information content (AvgIpc) is 2.88. The molecular weight excluding hydrogens is 164 g/mol. The molecule has 1 aliphatic rings. The fraction of sp³-hybridized carbons (Fsp3) is 0.778. The molecule has 1 fully saturated rings. The molecule has 0 bridgehead atoms. The van der Waals surface area contributed by atoms with E-state index in [1.807, 2.05) is 17.9 Å². The molecule has 2 rings (SSSR count). The first-order valence-electron chi connectivity index (χ1n) is 4.84. The third-order valence-electron chi connectivity index (χ3n) is 2.74. The van der Waals surface area contributed by atoms with Gasteiger partial charge < -0.3 is 5.32 Å². The highest BCUT2D eigenvalue weighted by molar-refractivity contribution is 4.94. The van der Waals surface area contributed by atoms with Gasteiger partial charge in [-0.05, 0) is 25.7 Å². The minimum atomic E-state index is 0.634. The molecule has 1 N–H and O–H groups in total. The van der Waals surface area contributed by atoms with Gasteiger partial charge in [-0.15, -0.1) is 5.10 Å². The third-order valence-corrected chi connectivity index (χ3v) is 2.74. The van der Waals surface area contributed by atoms with Crippen molar-refractivity contribution >= 4 is 0 Å². The van der Waals surface area contributed by atoms with Crippen LogP contribution >= 0.6 is 0 Å². The molecule has 4 nitrogen and oxygen atoms in total. The van der Waals surface area contributed by atoms with E-state index in [0.29, 0.717) is 6.04 Å². The summed E-state index contributed by atoms with van der Waals surface area (Å²) in [5, 5.41) is 11.2. The van der Waals surface area contributed by atoms with Gasteiger partial charge in [0.15, 0.2) is 0 Å². The third kappa shape index (κ3) is 2.06. The number of nitrogens with zero attached hydrogens (tertiary/aromatic N) is 3. The lowest BCUT2D eigenvalue weighted by Gasteiger charge is -2.11. The van der Waals surface area contributed by atoms with Gasteiger partial charge in [-0.2, -0.15) is 0 Å². The van der Waals surface area contributed by atoms with E-state index in [0.717, 1.165) is 18.2 Å². The number of hydrogen-bond donors (Lipinski definition) is 1. The van der Waals surface area contributed by atoms with E-state index >= 15 is 0 Å². The van der Waals surface area contributed by atoms with Crippen molar-refractivity contribution in [3.05, 3.63) is 11.9 Å². The summed E-state index contributed by atoms with van der Waals surface area (Å²) in [7, 11) is 1.92. The fourth-order valence-electron chi connectivity index (χ4n) is 1.50. The van der Waals surface area contributed by atoms with Gasteiger partial charge in [0, 0.05) is 19.6 Å². The number of aromatic nitrogens is 3. The Bertz CT molecular complexity index is 277. The highest BCUT2D eigenvalue weighted by atomic mass is 15.4. The van der Waals surface area contributed by atoms with Crippen LogP contribution in [0.2, 0.25) is 0 Å². The van der Waals surface area contributed by atoms with Crippen LogP contribution in [0.5, 0.6) is 0 Å². The van der Waals surface area contributed by atoms with Crippen molar-refractivity contribution in [1.82, 2.24) is 20.3 Å². The normalized spacial score (nSPS) is 18.9. The molecule has 1 heterocycles. The second-order valence-electron chi connectivity index (χ2n) is 3.86. The van der Waals surface area contributed by atoms with Gasteiger partial charge in [0.2, 0.25) is 0 Å².